The predicted molar refractivity (Wildman–Crippen MR) is 122 cm³/mol. The van der Waals surface area contributed by atoms with Gasteiger partial charge in [-0.25, -0.2) is 4.90 Å². The van der Waals surface area contributed by atoms with E-state index in [-0.39, 0.29) is 11.8 Å². The average molecular weight is 412 g/mol. The fraction of sp³-hybridized carbons (Fsp3) is 0.231. The smallest absolute Gasteiger partial charge is 0.282 e. The van der Waals surface area contributed by atoms with Crippen LogP contribution in [0.3, 0.4) is 0 Å². The maximum Gasteiger partial charge on any atom is 0.282 e. The fourth-order valence-electron chi connectivity index (χ4n) is 4.56. The lowest BCUT2D eigenvalue weighted by atomic mass is 9.97. The van der Waals surface area contributed by atoms with Gasteiger partial charge in [-0.05, 0) is 36.4 Å². The summed E-state index contributed by atoms with van der Waals surface area (Å²) in [6.45, 7) is 6.28. The summed E-state index contributed by atoms with van der Waals surface area (Å²) in [5.41, 5.74) is 4.51. The molecule has 0 atom stereocenters. The summed E-state index contributed by atoms with van der Waals surface area (Å²) in [6, 6.07) is 19.6. The predicted octanol–water partition coefficient (Wildman–Crippen LogP) is 4.07. The van der Waals surface area contributed by atoms with Gasteiger partial charge >= 0.3 is 0 Å². The van der Waals surface area contributed by atoms with E-state index < -0.39 is 0 Å². The molecule has 5 nitrogen and oxygen atoms in total. The number of benzene rings is 3. The van der Waals surface area contributed by atoms with Crippen LogP contribution in [0.5, 0.6) is 0 Å². The van der Waals surface area contributed by atoms with Gasteiger partial charge in [-0.1, -0.05) is 60.2 Å². The summed E-state index contributed by atoms with van der Waals surface area (Å²) in [7, 11) is 0. The van der Waals surface area contributed by atoms with Crippen molar-refractivity contribution < 1.29 is 14.3 Å². The number of morpholine rings is 1. The number of hydrogen-bond donors (Lipinski definition) is 0. The van der Waals surface area contributed by atoms with Gasteiger partial charge in [-0.3, -0.25) is 9.59 Å². The van der Waals surface area contributed by atoms with Crippen LogP contribution in [-0.4, -0.2) is 43.0 Å². The van der Waals surface area contributed by atoms with E-state index in [0.717, 1.165) is 27.5 Å². The molecular weight excluding hydrogens is 388 g/mol. The second kappa shape index (κ2) is 7.67. The molecule has 31 heavy (non-hydrogen) atoms. The first-order valence-electron chi connectivity index (χ1n) is 10.6. The van der Waals surface area contributed by atoms with Crippen molar-refractivity contribution >= 4 is 33.8 Å². The van der Waals surface area contributed by atoms with Gasteiger partial charge in [0.05, 0.1) is 24.5 Å². The highest BCUT2D eigenvalue weighted by molar-refractivity contribution is 6.46. The van der Waals surface area contributed by atoms with Gasteiger partial charge in [0.25, 0.3) is 11.8 Å². The number of carbonyl (C=O) groups is 2. The zero-order chi connectivity index (χ0) is 21.5. The van der Waals surface area contributed by atoms with Gasteiger partial charge < -0.3 is 9.64 Å². The number of fused-ring (bicyclic) bond motifs is 1. The molecule has 0 saturated carbocycles. The summed E-state index contributed by atoms with van der Waals surface area (Å²) in [5, 5.41) is 1.88. The lowest BCUT2D eigenvalue weighted by Crippen LogP contribution is -2.40. The molecule has 0 aromatic heterocycles. The van der Waals surface area contributed by atoms with Crippen molar-refractivity contribution in [2.45, 2.75) is 13.8 Å². The first kappa shape index (κ1) is 19.5. The number of hydrogen-bond acceptors (Lipinski definition) is 4. The van der Waals surface area contributed by atoms with Gasteiger partial charge in [0.15, 0.2) is 0 Å². The Morgan fingerprint density at radius 1 is 0.839 bits per heavy atom. The van der Waals surface area contributed by atoms with Crippen molar-refractivity contribution in [1.29, 1.82) is 0 Å². The van der Waals surface area contributed by atoms with E-state index in [1.807, 2.05) is 73.3 Å². The Kier molecular flexibility index (Phi) is 4.83. The molecule has 156 valence electrons. The molecule has 1 fully saturated rings. The Labute approximate surface area is 181 Å². The average Bonchev–Trinajstić information content (AvgIpc) is 3.04. The minimum atomic E-state index is -0.269. The third-order valence-corrected chi connectivity index (χ3v) is 6.05. The van der Waals surface area contributed by atoms with E-state index in [4.69, 9.17) is 4.74 Å². The molecule has 0 N–H and O–H groups in total. The third-order valence-electron chi connectivity index (χ3n) is 6.05. The van der Waals surface area contributed by atoms with Crippen LogP contribution in [-0.2, 0) is 14.3 Å². The number of carbonyl (C=O) groups excluding carboxylic acids is 2. The van der Waals surface area contributed by atoms with Gasteiger partial charge in [0.1, 0.15) is 5.70 Å². The van der Waals surface area contributed by atoms with Crippen LogP contribution in [0.4, 0.5) is 5.69 Å². The maximum atomic E-state index is 13.8. The van der Waals surface area contributed by atoms with Crippen LogP contribution >= 0.6 is 0 Å². The molecule has 2 aliphatic rings. The molecule has 3 aromatic rings. The molecule has 2 heterocycles. The van der Waals surface area contributed by atoms with E-state index in [0.29, 0.717) is 43.3 Å². The van der Waals surface area contributed by atoms with Gasteiger partial charge in [-0.15, -0.1) is 0 Å². The number of nitrogens with zero attached hydrogens (tertiary/aromatic N) is 2. The number of aryl methyl sites for hydroxylation is 2. The number of rotatable bonds is 3. The minimum Gasteiger partial charge on any atom is -0.378 e. The van der Waals surface area contributed by atoms with Gasteiger partial charge in [0.2, 0.25) is 0 Å². The Morgan fingerprint density at radius 2 is 1.58 bits per heavy atom. The monoisotopic (exact) mass is 412 g/mol. The molecule has 1 saturated heterocycles. The summed E-state index contributed by atoms with van der Waals surface area (Å²) in [4.78, 5) is 31.0. The second-order valence-electron chi connectivity index (χ2n) is 8.09. The highest BCUT2D eigenvalue weighted by Crippen LogP contribution is 2.38. The second-order valence-corrected chi connectivity index (χ2v) is 8.09. The van der Waals surface area contributed by atoms with Crippen LogP contribution in [0, 0.1) is 13.8 Å². The molecule has 0 unspecified atom stereocenters. The normalized spacial score (nSPS) is 17.2. The molecule has 3 aromatic carbocycles. The Balaban J connectivity index is 1.70. The maximum absolute atomic E-state index is 13.8. The highest BCUT2D eigenvalue weighted by atomic mass is 16.5. The van der Waals surface area contributed by atoms with E-state index in [9.17, 15) is 9.59 Å². The van der Waals surface area contributed by atoms with Crippen LogP contribution in [0.1, 0.15) is 16.7 Å². The van der Waals surface area contributed by atoms with Crippen molar-refractivity contribution in [1.82, 2.24) is 4.90 Å². The van der Waals surface area contributed by atoms with E-state index in [1.54, 1.807) is 0 Å². The molecule has 2 aliphatic heterocycles. The lowest BCUT2D eigenvalue weighted by Gasteiger charge is -2.30. The Hall–Kier alpha value is -3.44. The van der Waals surface area contributed by atoms with Gasteiger partial charge in [-0.2, -0.15) is 0 Å². The zero-order valence-corrected chi connectivity index (χ0v) is 17.7. The molecule has 0 spiro atoms. The Bertz CT molecular complexity index is 1230. The molecular formula is C26H24N2O3. The molecule has 5 rings (SSSR count). The van der Waals surface area contributed by atoms with Crippen molar-refractivity contribution in [3.8, 4) is 0 Å². The van der Waals surface area contributed by atoms with E-state index >= 15 is 0 Å². The van der Waals surface area contributed by atoms with Crippen molar-refractivity contribution in [3.63, 3.8) is 0 Å². The number of anilines is 1. The standard InChI is InChI=1S/C26H24N2O3/c1-17-10-11-20(18(2)16-17)23-24(27-12-14-31-15-13-27)26(30)28(25(23)29)22-9-5-7-19-6-3-4-8-21(19)22/h3-11,16H,12-15H2,1-2H3. The van der Waals surface area contributed by atoms with Crippen LogP contribution < -0.4 is 4.90 Å². The first-order chi connectivity index (χ1) is 15.1. The molecule has 0 radical (unpaired) electrons. The minimum absolute atomic E-state index is 0.266. The quantitative estimate of drug-likeness (QED) is 0.609. The summed E-state index contributed by atoms with van der Waals surface area (Å²) >= 11 is 0. The number of ether oxygens (including phenoxy) is 1. The summed E-state index contributed by atoms with van der Waals surface area (Å²) < 4.78 is 5.50. The Morgan fingerprint density at radius 3 is 2.35 bits per heavy atom. The lowest BCUT2D eigenvalue weighted by molar-refractivity contribution is -0.121. The largest absolute Gasteiger partial charge is 0.378 e. The topological polar surface area (TPSA) is 49.9 Å². The van der Waals surface area contributed by atoms with Crippen molar-refractivity contribution in [3.05, 3.63) is 83.1 Å². The molecule has 0 bridgehead atoms. The van der Waals surface area contributed by atoms with Crippen LogP contribution in [0.2, 0.25) is 0 Å². The first-order valence-corrected chi connectivity index (χ1v) is 10.6. The number of amides is 2. The van der Waals surface area contributed by atoms with Crippen LogP contribution in [0.15, 0.2) is 66.4 Å². The summed E-state index contributed by atoms with van der Waals surface area (Å²) in [6.07, 6.45) is 0. The van der Waals surface area contributed by atoms with Gasteiger partial charge in [0, 0.05) is 18.5 Å². The van der Waals surface area contributed by atoms with Crippen molar-refractivity contribution in [2.24, 2.45) is 0 Å². The third kappa shape index (κ3) is 3.22. The van der Waals surface area contributed by atoms with Crippen molar-refractivity contribution in [2.75, 3.05) is 31.2 Å². The zero-order valence-electron chi connectivity index (χ0n) is 17.7. The molecule has 5 heteroatoms. The van der Waals surface area contributed by atoms with Crippen LogP contribution in [0.25, 0.3) is 16.3 Å². The van der Waals surface area contributed by atoms with E-state index in [1.165, 1.54) is 4.90 Å². The SMILES string of the molecule is Cc1ccc(C2=C(N3CCOCC3)C(=O)N(c3cccc4ccccc34)C2=O)c(C)c1. The van der Waals surface area contributed by atoms with E-state index in [2.05, 4.69) is 6.07 Å². The highest BCUT2D eigenvalue weighted by Gasteiger charge is 2.43. The fourth-order valence-corrected chi connectivity index (χ4v) is 4.56. The summed E-state index contributed by atoms with van der Waals surface area (Å²) in [5.74, 6) is -0.534. The number of imide groups is 1. The molecule has 0 aliphatic carbocycles. The molecule has 2 amide bonds.